The van der Waals surface area contributed by atoms with Gasteiger partial charge in [-0.2, -0.15) is 0 Å². The van der Waals surface area contributed by atoms with E-state index in [1.54, 1.807) is 30.3 Å². The largest absolute Gasteiger partial charge is 0.496 e. The molecule has 0 aromatic heterocycles. The number of carbonyl (C=O) groups is 1. The van der Waals surface area contributed by atoms with Crippen molar-refractivity contribution < 1.29 is 14.3 Å². The van der Waals surface area contributed by atoms with Crippen LogP contribution in [-0.4, -0.2) is 12.9 Å². The van der Waals surface area contributed by atoms with Crippen LogP contribution < -0.4 is 9.47 Å². The van der Waals surface area contributed by atoms with Gasteiger partial charge in [0.05, 0.1) is 12.1 Å². The zero-order valence-corrected chi connectivity index (χ0v) is 13.3. The molecular formula is C15H12BrClO3. The second-order valence-electron chi connectivity index (χ2n) is 4.07. The lowest BCUT2D eigenvalue weighted by atomic mass is 10.1. The van der Waals surface area contributed by atoms with Crippen molar-refractivity contribution in [3.05, 3.63) is 51.5 Å². The molecule has 0 heterocycles. The van der Waals surface area contributed by atoms with Gasteiger partial charge in [-0.05, 0) is 37.3 Å². The average molecular weight is 356 g/mol. The van der Waals surface area contributed by atoms with Crippen LogP contribution in [0.2, 0.25) is 5.02 Å². The maximum Gasteiger partial charge on any atom is 0.167 e. The Morgan fingerprint density at radius 1 is 1.15 bits per heavy atom. The number of ether oxygens (including phenoxy) is 2. The van der Waals surface area contributed by atoms with Crippen molar-refractivity contribution >= 4 is 33.3 Å². The van der Waals surface area contributed by atoms with Crippen LogP contribution in [-0.2, 0) is 0 Å². The van der Waals surface area contributed by atoms with Crippen molar-refractivity contribution in [1.82, 2.24) is 0 Å². The molecule has 2 rings (SSSR count). The first kappa shape index (κ1) is 14.9. The van der Waals surface area contributed by atoms with Gasteiger partial charge in [-0.3, -0.25) is 4.79 Å². The third-order valence-electron chi connectivity index (χ3n) is 2.67. The van der Waals surface area contributed by atoms with Crippen molar-refractivity contribution in [3.63, 3.8) is 0 Å². The number of benzene rings is 2. The number of Topliss-reactive ketones (excluding diaryl/α,β-unsaturated/α-hetero) is 1. The van der Waals surface area contributed by atoms with E-state index in [0.29, 0.717) is 27.8 Å². The van der Waals surface area contributed by atoms with Crippen LogP contribution in [0.25, 0.3) is 0 Å². The molecule has 0 saturated heterocycles. The fraction of sp³-hybridized carbons (Fsp3) is 0.133. The van der Waals surface area contributed by atoms with Gasteiger partial charge in [-0.25, -0.2) is 0 Å². The number of rotatable bonds is 4. The Bertz CT molecular complexity index is 656. The van der Waals surface area contributed by atoms with Crippen molar-refractivity contribution in [2.75, 3.05) is 7.11 Å². The summed E-state index contributed by atoms with van der Waals surface area (Å²) in [6.07, 6.45) is 0. The van der Waals surface area contributed by atoms with E-state index >= 15 is 0 Å². The molecule has 2 aromatic rings. The Morgan fingerprint density at radius 3 is 2.45 bits per heavy atom. The Labute approximate surface area is 130 Å². The first-order chi connectivity index (χ1) is 9.52. The Balaban J connectivity index is 2.45. The Hall–Kier alpha value is -1.52. The van der Waals surface area contributed by atoms with Gasteiger partial charge in [0.1, 0.15) is 22.8 Å². The lowest BCUT2D eigenvalue weighted by Crippen LogP contribution is -2.01. The fourth-order valence-corrected chi connectivity index (χ4v) is 2.50. The maximum absolute atomic E-state index is 11.8. The molecule has 0 spiro atoms. The van der Waals surface area contributed by atoms with E-state index in [0.717, 1.165) is 4.47 Å². The topological polar surface area (TPSA) is 35.5 Å². The van der Waals surface area contributed by atoms with E-state index in [-0.39, 0.29) is 5.78 Å². The maximum atomic E-state index is 11.8. The number of hydrogen-bond donors (Lipinski definition) is 0. The lowest BCUT2D eigenvalue weighted by molar-refractivity contribution is 0.101. The van der Waals surface area contributed by atoms with Crippen LogP contribution in [0.5, 0.6) is 17.2 Å². The molecule has 0 aliphatic rings. The highest BCUT2D eigenvalue weighted by Crippen LogP contribution is 2.36. The second kappa shape index (κ2) is 6.29. The molecule has 5 heteroatoms. The predicted molar refractivity (Wildman–Crippen MR) is 82.2 cm³/mol. The van der Waals surface area contributed by atoms with Gasteiger partial charge in [-0.1, -0.05) is 33.6 Å². The number of carbonyl (C=O) groups excluding carboxylic acids is 1. The number of halogens is 2. The summed E-state index contributed by atoms with van der Waals surface area (Å²) >= 11 is 9.44. The van der Waals surface area contributed by atoms with Gasteiger partial charge in [0.15, 0.2) is 5.78 Å². The number of ketones is 1. The quantitative estimate of drug-likeness (QED) is 0.715. The van der Waals surface area contributed by atoms with E-state index in [4.69, 9.17) is 21.1 Å². The summed E-state index contributed by atoms with van der Waals surface area (Å²) in [5.41, 5.74) is 0.397. The minimum atomic E-state index is -0.134. The SMILES string of the molecule is COc1cccc(Oc2ccc(Br)cc2Cl)c1C(C)=O. The van der Waals surface area contributed by atoms with E-state index in [2.05, 4.69) is 15.9 Å². The smallest absolute Gasteiger partial charge is 0.167 e. The average Bonchev–Trinajstić information content (AvgIpc) is 2.41. The third-order valence-corrected chi connectivity index (χ3v) is 3.46. The van der Waals surface area contributed by atoms with Crippen molar-refractivity contribution in [1.29, 1.82) is 0 Å². The highest BCUT2D eigenvalue weighted by molar-refractivity contribution is 9.10. The summed E-state index contributed by atoms with van der Waals surface area (Å²) in [5.74, 6) is 1.24. The van der Waals surface area contributed by atoms with Crippen LogP contribution >= 0.6 is 27.5 Å². The molecule has 0 N–H and O–H groups in total. The molecule has 0 saturated carbocycles. The van der Waals surface area contributed by atoms with Crippen LogP contribution in [0.4, 0.5) is 0 Å². The summed E-state index contributed by atoms with van der Waals surface area (Å²) in [7, 11) is 1.51. The van der Waals surface area contributed by atoms with Gasteiger partial charge in [0.2, 0.25) is 0 Å². The number of methoxy groups -OCH3 is 1. The summed E-state index contributed by atoms with van der Waals surface area (Å²) in [6.45, 7) is 1.47. The van der Waals surface area contributed by atoms with Gasteiger partial charge in [0, 0.05) is 4.47 Å². The monoisotopic (exact) mass is 354 g/mol. The van der Waals surface area contributed by atoms with Crippen LogP contribution in [0.3, 0.4) is 0 Å². The van der Waals surface area contributed by atoms with E-state index < -0.39 is 0 Å². The molecule has 20 heavy (non-hydrogen) atoms. The second-order valence-corrected chi connectivity index (χ2v) is 5.39. The van der Waals surface area contributed by atoms with Crippen molar-refractivity contribution in [3.8, 4) is 17.2 Å². The minimum Gasteiger partial charge on any atom is -0.496 e. The standard InChI is InChI=1S/C15H12BrClO3/c1-9(18)15-13(19-2)4-3-5-14(15)20-12-7-6-10(16)8-11(12)17/h3-8H,1-2H3. The summed E-state index contributed by atoms with van der Waals surface area (Å²) < 4.78 is 11.8. The zero-order chi connectivity index (χ0) is 14.7. The van der Waals surface area contributed by atoms with Gasteiger partial charge in [0.25, 0.3) is 0 Å². The molecular weight excluding hydrogens is 344 g/mol. The van der Waals surface area contributed by atoms with Crippen LogP contribution in [0.15, 0.2) is 40.9 Å². The van der Waals surface area contributed by atoms with Gasteiger partial charge < -0.3 is 9.47 Å². The summed E-state index contributed by atoms with van der Waals surface area (Å²) in [5, 5.41) is 0.455. The first-order valence-corrected chi connectivity index (χ1v) is 7.01. The zero-order valence-electron chi connectivity index (χ0n) is 10.9. The van der Waals surface area contributed by atoms with Gasteiger partial charge >= 0.3 is 0 Å². The molecule has 104 valence electrons. The van der Waals surface area contributed by atoms with E-state index in [1.165, 1.54) is 14.0 Å². The molecule has 3 nitrogen and oxygen atoms in total. The molecule has 0 radical (unpaired) electrons. The molecule has 0 bridgehead atoms. The van der Waals surface area contributed by atoms with Crippen molar-refractivity contribution in [2.24, 2.45) is 0 Å². The molecule has 0 atom stereocenters. The van der Waals surface area contributed by atoms with Crippen molar-refractivity contribution in [2.45, 2.75) is 6.92 Å². The van der Waals surface area contributed by atoms with E-state index in [9.17, 15) is 4.79 Å². The van der Waals surface area contributed by atoms with Crippen LogP contribution in [0, 0.1) is 0 Å². The lowest BCUT2D eigenvalue weighted by Gasteiger charge is -2.13. The van der Waals surface area contributed by atoms with E-state index in [1.807, 2.05) is 6.07 Å². The predicted octanol–water partition coefficient (Wildman–Crippen LogP) is 5.11. The summed E-state index contributed by atoms with van der Waals surface area (Å²) in [6, 6.07) is 10.5. The first-order valence-electron chi connectivity index (χ1n) is 5.83. The minimum absolute atomic E-state index is 0.134. The molecule has 2 aromatic carbocycles. The molecule has 0 unspecified atom stereocenters. The molecule has 0 aliphatic heterocycles. The molecule has 0 fully saturated rings. The van der Waals surface area contributed by atoms with Crippen LogP contribution in [0.1, 0.15) is 17.3 Å². The highest BCUT2D eigenvalue weighted by Gasteiger charge is 2.16. The van der Waals surface area contributed by atoms with Gasteiger partial charge in [-0.15, -0.1) is 0 Å². The third kappa shape index (κ3) is 3.14. The normalized spacial score (nSPS) is 10.2. The summed E-state index contributed by atoms with van der Waals surface area (Å²) in [4.78, 5) is 11.8. The fourth-order valence-electron chi connectivity index (χ4n) is 1.79. The molecule has 0 aliphatic carbocycles. The highest BCUT2D eigenvalue weighted by atomic mass is 79.9. The molecule has 0 amide bonds. The Kier molecular flexibility index (Phi) is 4.68. The number of hydrogen-bond acceptors (Lipinski definition) is 3. The Morgan fingerprint density at radius 2 is 1.85 bits per heavy atom.